The molecule has 0 unspecified atom stereocenters. The van der Waals surface area contributed by atoms with Crippen LogP contribution in [0.4, 0.5) is 5.13 Å². The van der Waals surface area contributed by atoms with Crippen molar-refractivity contribution >= 4 is 22.4 Å². The lowest BCUT2D eigenvalue weighted by Gasteiger charge is -1.94. The predicted octanol–water partition coefficient (Wildman–Crippen LogP) is 0.471. The van der Waals surface area contributed by atoms with Crippen molar-refractivity contribution < 1.29 is 4.79 Å². The minimum absolute atomic E-state index is 0.225. The van der Waals surface area contributed by atoms with Gasteiger partial charge in [-0.05, 0) is 6.42 Å². The van der Waals surface area contributed by atoms with Crippen molar-refractivity contribution in [3.8, 4) is 0 Å². The third-order valence-electron chi connectivity index (χ3n) is 1.64. The molecule has 0 aliphatic rings. The molecule has 0 fully saturated rings. The minimum atomic E-state index is -0.345. The number of aromatic amines is 1. The summed E-state index contributed by atoms with van der Waals surface area (Å²) in [4.78, 5) is 11.5. The highest BCUT2D eigenvalue weighted by Crippen LogP contribution is 2.15. The van der Waals surface area contributed by atoms with E-state index in [4.69, 9.17) is 0 Å². The van der Waals surface area contributed by atoms with Gasteiger partial charge < -0.3 is 0 Å². The summed E-state index contributed by atoms with van der Waals surface area (Å²) in [6.45, 7) is 1.98. The molecule has 0 atom stereocenters. The third kappa shape index (κ3) is 2.15. The van der Waals surface area contributed by atoms with E-state index in [-0.39, 0.29) is 11.6 Å². The van der Waals surface area contributed by atoms with Crippen LogP contribution in [0.15, 0.2) is 6.20 Å². The summed E-state index contributed by atoms with van der Waals surface area (Å²) in [5.74, 6) is -0.345. The predicted molar refractivity (Wildman–Crippen MR) is 53.6 cm³/mol. The quantitative estimate of drug-likeness (QED) is 0.790. The van der Waals surface area contributed by atoms with E-state index >= 15 is 0 Å². The Morgan fingerprint density at radius 2 is 2.47 bits per heavy atom. The summed E-state index contributed by atoms with van der Waals surface area (Å²) in [6, 6.07) is 0. The molecule has 0 spiro atoms. The zero-order chi connectivity index (χ0) is 10.7. The van der Waals surface area contributed by atoms with Gasteiger partial charge in [-0.1, -0.05) is 18.3 Å². The molecule has 0 bridgehead atoms. The SMILES string of the molecule is CCc1nnc(NC(=O)c2cn[nH]n2)s1. The van der Waals surface area contributed by atoms with E-state index < -0.39 is 0 Å². The maximum Gasteiger partial charge on any atom is 0.279 e. The molecule has 0 aromatic carbocycles. The first-order valence-electron chi connectivity index (χ1n) is 4.29. The Bertz CT molecular complexity index is 450. The molecule has 2 aromatic rings. The number of rotatable bonds is 3. The van der Waals surface area contributed by atoms with Gasteiger partial charge in [0.25, 0.3) is 5.91 Å². The molecule has 1 amide bonds. The van der Waals surface area contributed by atoms with E-state index in [2.05, 4.69) is 30.9 Å². The van der Waals surface area contributed by atoms with Crippen molar-refractivity contribution in [1.29, 1.82) is 0 Å². The highest BCUT2D eigenvalue weighted by atomic mass is 32.1. The van der Waals surface area contributed by atoms with Crippen molar-refractivity contribution in [2.24, 2.45) is 0 Å². The van der Waals surface area contributed by atoms with E-state index in [9.17, 15) is 4.79 Å². The number of H-pyrrole nitrogens is 1. The molecule has 0 saturated carbocycles. The van der Waals surface area contributed by atoms with E-state index in [0.29, 0.717) is 5.13 Å². The first-order chi connectivity index (χ1) is 7.29. The van der Waals surface area contributed by atoms with Gasteiger partial charge in [-0.25, -0.2) is 0 Å². The molecule has 0 aliphatic heterocycles. The zero-order valence-electron chi connectivity index (χ0n) is 7.89. The van der Waals surface area contributed by atoms with Crippen LogP contribution in [0.1, 0.15) is 22.4 Å². The van der Waals surface area contributed by atoms with E-state index in [0.717, 1.165) is 11.4 Å². The molecular weight excluding hydrogens is 216 g/mol. The van der Waals surface area contributed by atoms with E-state index in [1.807, 2.05) is 6.92 Å². The van der Waals surface area contributed by atoms with Gasteiger partial charge in [0.1, 0.15) is 5.01 Å². The van der Waals surface area contributed by atoms with Crippen LogP contribution in [0.3, 0.4) is 0 Å². The lowest BCUT2D eigenvalue weighted by Crippen LogP contribution is -2.12. The van der Waals surface area contributed by atoms with Crippen molar-refractivity contribution in [3.63, 3.8) is 0 Å². The van der Waals surface area contributed by atoms with Crippen LogP contribution < -0.4 is 5.32 Å². The summed E-state index contributed by atoms with van der Waals surface area (Å²) in [7, 11) is 0. The van der Waals surface area contributed by atoms with Gasteiger partial charge in [0.05, 0.1) is 6.20 Å². The Hall–Kier alpha value is -1.83. The van der Waals surface area contributed by atoms with Crippen LogP contribution in [0.5, 0.6) is 0 Å². The molecular formula is C7H8N6OS. The van der Waals surface area contributed by atoms with Gasteiger partial charge in [0.2, 0.25) is 5.13 Å². The lowest BCUT2D eigenvalue weighted by molar-refractivity contribution is 0.102. The molecule has 0 saturated heterocycles. The van der Waals surface area contributed by atoms with Gasteiger partial charge in [-0.15, -0.1) is 10.2 Å². The first kappa shape index (κ1) is 9.71. The number of aromatic nitrogens is 5. The minimum Gasteiger partial charge on any atom is -0.295 e. The number of hydrogen-bond acceptors (Lipinski definition) is 6. The van der Waals surface area contributed by atoms with Crippen LogP contribution in [0.2, 0.25) is 0 Å². The average Bonchev–Trinajstić information content (AvgIpc) is 2.87. The number of carbonyl (C=O) groups is 1. The molecule has 0 aliphatic carbocycles. The summed E-state index contributed by atoms with van der Waals surface area (Å²) in [5, 5.41) is 21.2. The highest BCUT2D eigenvalue weighted by Gasteiger charge is 2.11. The van der Waals surface area contributed by atoms with Crippen LogP contribution in [0.25, 0.3) is 0 Å². The third-order valence-corrected chi connectivity index (χ3v) is 2.62. The number of aryl methyl sites for hydroxylation is 1. The summed E-state index contributed by atoms with van der Waals surface area (Å²) in [5.41, 5.74) is 0.225. The number of nitrogens with zero attached hydrogens (tertiary/aromatic N) is 4. The second-order valence-electron chi connectivity index (χ2n) is 2.66. The summed E-state index contributed by atoms with van der Waals surface area (Å²) in [6.07, 6.45) is 2.15. The smallest absolute Gasteiger partial charge is 0.279 e. The lowest BCUT2D eigenvalue weighted by atomic mass is 10.4. The maximum atomic E-state index is 11.5. The van der Waals surface area contributed by atoms with Crippen LogP contribution in [-0.4, -0.2) is 31.5 Å². The van der Waals surface area contributed by atoms with Gasteiger partial charge in [-0.2, -0.15) is 15.4 Å². The monoisotopic (exact) mass is 224 g/mol. The van der Waals surface area contributed by atoms with Crippen molar-refractivity contribution in [3.05, 3.63) is 16.9 Å². The van der Waals surface area contributed by atoms with Crippen molar-refractivity contribution in [2.45, 2.75) is 13.3 Å². The number of nitrogens with one attached hydrogen (secondary N) is 2. The molecule has 0 radical (unpaired) electrons. The Morgan fingerprint density at radius 1 is 1.60 bits per heavy atom. The molecule has 2 heterocycles. The Morgan fingerprint density at radius 3 is 3.07 bits per heavy atom. The number of hydrogen-bond donors (Lipinski definition) is 2. The maximum absolute atomic E-state index is 11.5. The van der Waals surface area contributed by atoms with Crippen molar-refractivity contribution in [2.75, 3.05) is 5.32 Å². The fraction of sp³-hybridized carbons (Fsp3) is 0.286. The van der Waals surface area contributed by atoms with Crippen LogP contribution in [-0.2, 0) is 6.42 Å². The molecule has 2 N–H and O–H groups in total. The summed E-state index contributed by atoms with van der Waals surface area (Å²) >= 11 is 1.35. The van der Waals surface area contributed by atoms with Gasteiger partial charge in [-0.3, -0.25) is 10.1 Å². The topological polar surface area (TPSA) is 96.5 Å². The first-order valence-corrected chi connectivity index (χ1v) is 5.10. The fourth-order valence-corrected chi connectivity index (χ4v) is 1.59. The van der Waals surface area contributed by atoms with Crippen LogP contribution >= 0.6 is 11.3 Å². The molecule has 2 rings (SSSR count). The van der Waals surface area contributed by atoms with Gasteiger partial charge in [0.15, 0.2) is 5.69 Å². The Balaban J connectivity index is 2.06. The zero-order valence-corrected chi connectivity index (χ0v) is 8.71. The van der Waals surface area contributed by atoms with Gasteiger partial charge >= 0.3 is 0 Å². The van der Waals surface area contributed by atoms with E-state index in [1.54, 1.807) is 0 Å². The molecule has 78 valence electrons. The number of anilines is 1. The Labute approximate surface area is 88.9 Å². The standard InChI is InChI=1S/C7H8N6OS/c1-2-5-11-12-7(15-5)9-6(14)4-3-8-13-10-4/h3H,2H2,1H3,(H,8,10,13)(H,9,12,14). The largest absolute Gasteiger partial charge is 0.295 e. The second-order valence-corrected chi connectivity index (χ2v) is 3.73. The Kier molecular flexibility index (Phi) is 2.68. The normalized spacial score (nSPS) is 10.2. The average molecular weight is 224 g/mol. The molecule has 7 nitrogen and oxygen atoms in total. The number of amides is 1. The highest BCUT2D eigenvalue weighted by molar-refractivity contribution is 7.15. The fourth-order valence-electron chi connectivity index (χ4n) is 0.919. The van der Waals surface area contributed by atoms with E-state index in [1.165, 1.54) is 17.5 Å². The molecule has 15 heavy (non-hydrogen) atoms. The second kappa shape index (κ2) is 4.13. The number of carbonyl (C=O) groups excluding carboxylic acids is 1. The van der Waals surface area contributed by atoms with Crippen molar-refractivity contribution in [1.82, 2.24) is 25.6 Å². The molecule has 8 heteroatoms. The van der Waals surface area contributed by atoms with Crippen LogP contribution in [0, 0.1) is 0 Å². The van der Waals surface area contributed by atoms with Gasteiger partial charge in [0, 0.05) is 0 Å². The summed E-state index contributed by atoms with van der Waals surface area (Å²) < 4.78 is 0. The molecule has 2 aromatic heterocycles.